The summed E-state index contributed by atoms with van der Waals surface area (Å²) in [5.74, 6) is 0.136. The van der Waals surface area contributed by atoms with Crippen molar-refractivity contribution in [3.8, 4) is 11.5 Å². The lowest BCUT2D eigenvalue weighted by Gasteiger charge is -2.20. The van der Waals surface area contributed by atoms with Gasteiger partial charge in [0, 0.05) is 19.4 Å². The fourth-order valence-electron chi connectivity index (χ4n) is 2.82. The summed E-state index contributed by atoms with van der Waals surface area (Å²) in [6.45, 7) is 1.32. The molecule has 1 amide bonds. The fraction of sp³-hybridized carbons (Fsp3) is 0.350. The van der Waals surface area contributed by atoms with Crippen molar-refractivity contribution in [2.45, 2.75) is 22.8 Å². The molecule has 31 heavy (non-hydrogen) atoms. The second-order valence-electron chi connectivity index (χ2n) is 6.91. The van der Waals surface area contributed by atoms with Gasteiger partial charge in [0.15, 0.2) is 21.3 Å². The van der Waals surface area contributed by atoms with E-state index in [4.69, 9.17) is 9.47 Å². The van der Waals surface area contributed by atoms with Crippen molar-refractivity contribution >= 4 is 25.8 Å². The molecule has 0 aliphatic rings. The van der Waals surface area contributed by atoms with Crippen LogP contribution in [-0.2, 0) is 24.7 Å². The average Bonchev–Trinajstić information content (AvgIpc) is 2.72. The zero-order valence-electron chi connectivity index (χ0n) is 17.9. The Morgan fingerprint density at radius 1 is 0.968 bits per heavy atom. The van der Waals surface area contributed by atoms with Gasteiger partial charge in [-0.05, 0) is 36.8 Å². The van der Waals surface area contributed by atoms with Crippen molar-refractivity contribution in [1.82, 2.24) is 9.62 Å². The summed E-state index contributed by atoms with van der Waals surface area (Å²) < 4.78 is 59.9. The lowest BCUT2D eigenvalue weighted by molar-refractivity contribution is -0.121. The molecule has 1 N–H and O–H groups in total. The van der Waals surface area contributed by atoms with E-state index in [1.165, 1.54) is 51.6 Å². The van der Waals surface area contributed by atoms with Gasteiger partial charge in [0.1, 0.15) is 0 Å². The van der Waals surface area contributed by atoms with Crippen molar-refractivity contribution in [2.75, 3.05) is 34.1 Å². The van der Waals surface area contributed by atoms with E-state index in [2.05, 4.69) is 5.32 Å². The molecule has 0 bridgehead atoms. The quantitative estimate of drug-likeness (QED) is 0.591. The van der Waals surface area contributed by atoms with E-state index in [0.717, 1.165) is 10.6 Å². The lowest BCUT2D eigenvalue weighted by Crippen LogP contribution is -2.39. The Labute approximate surface area is 182 Å². The van der Waals surface area contributed by atoms with Crippen LogP contribution >= 0.6 is 0 Å². The summed E-state index contributed by atoms with van der Waals surface area (Å²) in [6, 6.07) is 9.85. The average molecular weight is 471 g/mol. The fourth-order valence-corrected chi connectivity index (χ4v) is 4.59. The van der Waals surface area contributed by atoms with E-state index in [1.54, 1.807) is 19.1 Å². The summed E-state index contributed by atoms with van der Waals surface area (Å²) in [4.78, 5) is 12.5. The van der Waals surface area contributed by atoms with Crippen LogP contribution in [0.4, 0.5) is 0 Å². The van der Waals surface area contributed by atoms with Crippen molar-refractivity contribution in [1.29, 1.82) is 0 Å². The number of ether oxygens (including phenoxy) is 2. The summed E-state index contributed by atoms with van der Waals surface area (Å²) in [6.07, 6.45) is 1.11. The van der Waals surface area contributed by atoms with Gasteiger partial charge in [-0.1, -0.05) is 12.1 Å². The second kappa shape index (κ2) is 9.67. The van der Waals surface area contributed by atoms with Gasteiger partial charge in [-0.3, -0.25) is 4.79 Å². The van der Waals surface area contributed by atoms with Crippen LogP contribution in [0.5, 0.6) is 11.5 Å². The van der Waals surface area contributed by atoms with Crippen LogP contribution in [-0.4, -0.2) is 61.1 Å². The van der Waals surface area contributed by atoms with Crippen molar-refractivity contribution < 1.29 is 31.1 Å². The number of benzene rings is 2. The number of sulfonamides is 1. The highest BCUT2D eigenvalue weighted by Crippen LogP contribution is 2.30. The molecule has 0 saturated carbocycles. The zero-order chi connectivity index (χ0) is 23.4. The number of sulfone groups is 1. The number of carbonyl (C=O) groups is 1. The minimum atomic E-state index is -3.94. The maximum Gasteiger partial charge on any atom is 0.243 e. The minimum absolute atomic E-state index is 0.0372. The Balaban J connectivity index is 2.09. The van der Waals surface area contributed by atoms with Crippen LogP contribution in [0, 0.1) is 0 Å². The number of nitrogens with zero attached hydrogens (tertiary/aromatic N) is 1. The Kier molecular flexibility index (Phi) is 7.68. The molecule has 0 saturated heterocycles. The van der Waals surface area contributed by atoms with Crippen molar-refractivity contribution in [2.24, 2.45) is 0 Å². The number of rotatable bonds is 9. The highest BCUT2D eigenvalue weighted by atomic mass is 32.2. The first-order valence-electron chi connectivity index (χ1n) is 9.18. The third kappa shape index (κ3) is 5.96. The lowest BCUT2D eigenvalue weighted by atomic mass is 10.1. The number of carbonyl (C=O) groups excluding carboxylic acids is 1. The normalized spacial score (nSPS) is 13.0. The number of hydrogen-bond acceptors (Lipinski definition) is 7. The topological polar surface area (TPSA) is 119 Å². The van der Waals surface area contributed by atoms with E-state index < -0.39 is 38.4 Å². The molecule has 0 heterocycles. The monoisotopic (exact) mass is 470 g/mol. The molecule has 0 aromatic heterocycles. The summed E-state index contributed by atoms with van der Waals surface area (Å²) in [5, 5.41) is 2.71. The van der Waals surface area contributed by atoms with Crippen LogP contribution < -0.4 is 14.8 Å². The maximum atomic E-state index is 12.8. The highest BCUT2D eigenvalue weighted by molar-refractivity contribution is 7.90. The van der Waals surface area contributed by atoms with Gasteiger partial charge in [-0.25, -0.2) is 16.8 Å². The van der Waals surface area contributed by atoms with Gasteiger partial charge in [-0.15, -0.1) is 0 Å². The molecule has 2 rings (SSSR count). The van der Waals surface area contributed by atoms with Crippen LogP contribution in [0.1, 0.15) is 18.5 Å². The standard InChI is InChI=1S/C20H26N2O7S2/c1-14(15-6-8-16(9-7-15)30(5,24)25)21-20(23)13-22(2)31(26,27)17-10-11-18(28-3)19(12-17)29-4/h6-12,14H,13H2,1-5H3,(H,21,23). The molecule has 0 radical (unpaired) electrons. The summed E-state index contributed by atoms with van der Waals surface area (Å²) in [7, 11) is -3.11. The Bertz CT molecular complexity index is 1140. The first kappa shape index (κ1) is 24.6. The third-order valence-corrected chi connectivity index (χ3v) is 7.54. The highest BCUT2D eigenvalue weighted by Gasteiger charge is 2.25. The van der Waals surface area contributed by atoms with Gasteiger partial charge < -0.3 is 14.8 Å². The van der Waals surface area contributed by atoms with E-state index in [0.29, 0.717) is 11.3 Å². The Hall–Kier alpha value is -2.63. The van der Waals surface area contributed by atoms with Gasteiger partial charge >= 0.3 is 0 Å². The smallest absolute Gasteiger partial charge is 0.243 e. The maximum absolute atomic E-state index is 12.8. The van der Waals surface area contributed by atoms with Crippen LogP contribution in [0.25, 0.3) is 0 Å². The second-order valence-corrected chi connectivity index (χ2v) is 11.0. The predicted molar refractivity (Wildman–Crippen MR) is 115 cm³/mol. The zero-order valence-corrected chi connectivity index (χ0v) is 19.6. The Morgan fingerprint density at radius 3 is 2.03 bits per heavy atom. The third-order valence-electron chi connectivity index (χ3n) is 4.62. The molecule has 1 atom stereocenters. The van der Waals surface area contributed by atoms with Gasteiger partial charge in [0.05, 0.1) is 36.6 Å². The molecule has 0 spiro atoms. The number of hydrogen-bond donors (Lipinski definition) is 1. The van der Waals surface area contributed by atoms with Gasteiger partial charge in [-0.2, -0.15) is 4.31 Å². The molecule has 11 heteroatoms. The number of nitrogens with one attached hydrogen (secondary N) is 1. The van der Waals surface area contributed by atoms with E-state index in [9.17, 15) is 21.6 Å². The Morgan fingerprint density at radius 2 is 1.52 bits per heavy atom. The van der Waals surface area contributed by atoms with Crippen LogP contribution in [0.2, 0.25) is 0 Å². The number of likely N-dealkylation sites (N-methyl/N-ethyl adjacent to an activating group) is 1. The minimum Gasteiger partial charge on any atom is -0.493 e. The van der Waals surface area contributed by atoms with Crippen LogP contribution in [0.3, 0.4) is 0 Å². The first-order chi connectivity index (χ1) is 14.4. The number of amides is 1. The van der Waals surface area contributed by atoms with E-state index in [-0.39, 0.29) is 15.5 Å². The summed E-state index contributed by atoms with van der Waals surface area (Å²) in [5.41, 5.74) is 0.686. The number of methoxy groups -OCH3 is 2. The molecular formula is C20H26N2O7S2. The van der Waals surface area contributed by atoms with Gasteiger partial charge in [0.25, 0.3) is 0 Å². The molecule has 170 valence electrons. The van der Waals surface area contributed by atoms with Crippen molar-refractivity contribution in [3.05, 3.63) is 48.0 Å². The molecule has 0 aliphatic carbocycles. The first-order valence-corrected chi connectivity index (χ1v) is 12.5. The van der Waals surface area contributed by atoms with E-state index in [1.807, 2.05) is 0 Å². The molecule has 0 fully saturated rings. The molecule has 9 nitrogen and oxygen atoms in total. The molecular weight excluding hydrogens is 444 g/mol. The van der Waals surface area contributed by atoms with Gasteiger partial charge in [0.2, 0.25) is 15.9 Å². The molecule has 1 unspecified atom stereocenters. The van der Waals surface area contributed by atoms with Crippen LogP contribution in [0.15, 0.2) is 52.3 Å². The van der Waals surface area contributed by atoms with Crippen molar-refractivity contribution in [3.63, 3.8) is 0 Å². The summed E-state index contributed by atoms with van der Waals surface area (Å²) >= 11 is 0. The molecule has 0 aliphatic heterocycles. The largest absolute Gasteiger partial charge is 0.493 e. The molecule has 2 aromatic rings. The predicted octanol–water partition coefficient (Wildman–Crippen LogP) is 1.61. The van der Waals surface area contributed by atoms with E-state index >= 15 is 0 Å². The SMILES string of the molecule is COc1ccc(S(=O)(=O)N(C)CC(=O)NC(C)c2ccc(S(C)(=O)=O)cc2)cc1OC. The molecule has 2 aromatic carbocycles.